The molecular weight excluding hydrogens is 220 g/mol. The quantitative estimate of drug-likeness (QED) is 0.541. The number of hydrogen-bond donors (Lipinski definition) is 0. The minimum atomic E-state index is 0.974. The third kappa shape index (κ3) is 2.06. The predicted octanol–water partition coefficient (Wildman–Crippen LogP) is 4.43. The molecule has 0 radical (unpaired) electrons. The van der Waals surface area contributed by atoms with Gasteiger partial charge >= 0.3 is 0 Å². The summed E-state index contributed by atoms with van der Waals surface area (Å²) in [6, 6.07) is 12.4. The van der Waals surface area contributed by atoms with Crippen molar-refractivity contribution < 1.29 is 0 Å². The van der Waals surface area contributed by atoms with Crippen LogP contribution in [0.1, 0.15) is 25.2 Å². The maximum atomic E-state index is 4.64. The number of benzene rings is 2. The summed E-state index contributed by atoms with van der Waals surface area (Å²) >= 11 is 0. The molecule has 3 aromatic rings. The van der Waals surface area contributed by atoms with Crippen molar-refractivity contribution in [3.05, 3.63) is 47.8 Å². The largest absolute Gasteiger partial charge is 0.250 e. The molecule has 2 aromatic carbocycles. The Morgan fingerprint density at radius 2 is 1.44 bits per heavy atom. The normalized spacial score (nSPS) is 10.2. The van der Waals surface area contributed by atoms with E-state index in [4.69, 9.17) is 0 Å². The molecule has 0 fully saturated rings. The van der Waals surface area contributed by atoms with Gasteiger partial charge in [0.2, 0.25) is 0 Å². The monoisotopic (exact) mass is 238 g/mol. The van der Waals surface area contributed by atoms with Crippen molar-refractivity contribution in [2.24, 2.45) is 0 Å². The van der Waals surface area contributed by atoms with E-state index in [-0.39, 0.29) is 0 Å². The Bertz CT molecular complexity index is 687. The molecule has 0 spiro atoms. The van der Waals surface area contributed by atoms with E-state index in [2.05, 4.69) is 28.2 Å². The van der Waals surface area contributed by atoms with Crippen molar-refractivity contribution in [3.8, 4) is 0 Å². The summed E-state index contributed by atoms with van der Waals surface area (Å²) in [5.74, 6) is 0. The van der Waals surface area contributed by atoms with Crippen LogP contribution in [-0.2, 0) is 0 Å². The zero-order valence-electron chi connectivity index (χ0n) is 11.4. The summed E-state index contributed by atoms with van der Waals surface area (Å²) in [5.41, 5.74) is 3.98. The molecule has 0 aliphatic carbocycles. The van der Waals surface area contributed by atoms with Crippen molar-refractivity contribution >= 4 is 21.8 Å². The molecule has 0 aliphatic heterocycles. The first kappa shape index (κ1) is 12.5. The SMILES string of the molecule is CC.Cc1nc2ccc3ccccc3c2nc1C. The van der Waals surface area contributed by atoms with Gasteiger partial charge < -0.3 is 0 Å². The van der Waals surface area contributed by atoms with Crippen LogP contribution in [0.15, 0.2) is 36.4 Å². The third-order valence-electron chi connectivity index (χ3n) is 2.97. The van der Waals surface area contributed by atoms with Gasteiger partial charge in [0.25, 0.3) is 0 Å². The van der Waals surface area contributed by atoms with Crippen molar-refractivity contribution in [1.29, 1.82) is 0 Å². The first-order valence-electron chi connectivity index (χ1n) is 6.38. The molecule has 0 unspecified atom stereocenters. The molecule has 3 rings (SSSR count). The lowest BCUT2D eigenvalue weighted by atomic mass is 10.1. The second-order valence-electron chi connectivity index (χ2n) is 4.05. The highest BCUT2D eigenvalue weighted by Gasteiger charge is 2.04. The Morgan fingerprint density at radius 1 is 0.778 bits per heavy atom. The zero-order chi connectivity index (χ0) is 13.1. The molecule has 2 heteroatoms. The number of nitrogens with zero attached hydrogens (tertiary/aromatic N) is 2. The van der Waals surface area contributed by atoms with Gasteiger partial charge in [-0.1, -0.05) is 44.2 Å². The fourth-order valence-corrected chi connectivity index (χ4v) is 1.96. The van der Waals surface area contributed by atoms with E-state index >= 15 is 0 Å². The molecular formula is C16H18N2. The lowest BCUT2D eigenvalue weighted by Gasteiger charge is -2.05. The average molecular weight is 238 g/mol. The van der Waals surface area contributed by atoms with Crippen LogP contribution in [0.2, 0.25) is 0 Å². The molecule has 0 N–H and O–H groups in total. The maximum absolute atomic E-state index is 4.64. The zero-order valence-corrected chi connectivity index (χ0v) is 11.4. The Kier molecular flexibility index (Phi) is 3.56. The Labute approximate surface area is 108 Å². The molecule has 1 heterocycles. The summed E-state index contributed by atoms with van der Waals surface area (Å²) < 4.78 is 0. The van der Waals surface area contributed by atoms with Crippen LogP contribution in [0, 0.1) is 13.8 Å². The lowest BCUT2D eigenvalue weighted by Crippen LogP contribution is -1.93. The fourth-order valence-electron chi connectivity index (χ4n) is 1.96. The molecule has 0 saturated carbocycles. The highest BCUT2D eigenvalue weighted by Crippen LogP contribution is 2.23. The topological polar surface area (TPSA) is 25.8 Å². The molecule has 92 valence electrons. The summed E-state index contributed by atoms with van der Waals surface area (Å²) in [7, 11) is 0. The standard InChI is InChI=1S/C14H12N2.C2H6/c1-9-10(2)16-14-12-6-4-3-5-11(12)7-8-13(14)15-9;1-2/h3-8H,1-2H3;1-2H3. The Hall–Kier alpha value is -1.96. The average Bonchev–Trinajstić information content (AvgIpc) is 2.42. The van der Waals surface area contributed by atoms with Crippen LogP contribution < -0.4 is 0 Å². The van der Waals surface area contributed by atoms with Crippen LogP contribution in [-0.4, -0.2) is 9.97 Å². The smallest absolute Gasteiger partial charge is 0.0968 e. The Morgan fingerprint density at radius 3 is 2.22 bits per heavy atom. The van der Waals surface area contributed by atoms with Gasteiger partial charge in [0, 0.05) is 5.39 Å². The van der Waals surface area contributed by atoms with Gasteiger partial charge in [-0.2, -0.15) is 0 Å². The van der Waals surface area contributed by atoms with Gasteiger partial charge in [-0.3, -0.25) is 0 Å². The lowest BCUT2D eigenvalue weighted by molar-refractivity contribution is 1.11. The van der Waals surface area contributed by atoms with E-state index in [1.807, 2.05) is 45.9 Å². The highest BCUT2D eigenvalue weighted by molar-refractivity contribution is 6.03. The van der Waals surface area contributed by atoms with Crippen molar-refractivity contribution in [2.75, 3.05) is 0 Å². The summed E-state index contributed by atoms with van der Waals surface area (Å²) in [4.78, 5) is 9.20. The van der Waals surface area contributed by atoms with Crippen LogP contribution in [0.25, 0.3) is 21.8 Å². The molecule has 1 aromatic heterocycles. The molecule has 2 nitrogen and oxygen atoms in total. The van der Waals surface area contributed by atoms with Crippen LogP contribution >= 0.6 is 0 Å². The van der Waals surface area contributed by atoms with Gasteiger partial charge in [0.05, 0.1) is 22.4 Å². The highest BCUT2D eigenvalue weighted by atomic mass is 14.8. The number of aryl methyl sites for hydroxylation is 2. The van der Waals surface area contributed by atoms with Gasteiger partial charge in [-0.05, 0) is 25.3 Å². The second-order valence-corrected chi connectivity index (χ2v) is 4.05. The second kappa shape index (κ2) is 5.13. The van der Waals surface area contributed by atoms with Crippen molar-refractivity contribution in [2.45, 2.75) is 27.7 Å². The minimum absolute atomic E-state index is 0.974. The maximum Gasteiger partial charge on any atom is 0.0968 e. The first-order valence-corrected chi connectivity index (χ1v) is 6.38. The molecule has 0 saturated heterocycles. The van der Waals surface area contributed by atoms with Crippen LogP contribution in [0.5, 0.6) is 0 Å². The van der Waals surface area contributed by atoms with E-state index in [1.165, 1.54) is 10.8 Å². The summed E-state index contributed by atoms with van der Waals surface area (Å²) in [5, 5.41) is 2.39. The van der Waals surface area contributed by atoms with Crippen molar-refractivity contribution in [3.63, 3.8) is 0 Å². The molecule has 0 amide bonds. The van der Waals surface area contributed by atoms with E-state index in [0.29, 0.717) is 0 Å². The number of aromatic nitrogens is 2. The number of rotatable bonds is 0. The fraction of sp³-hybridized carbons (Fsp3) is 0.250. The predicted molar refractivity (Wildman–Crippen MR) is 77.9 cm³/mol. The third-order valence-corrected chi connectivity index (χ3v) is 2.97. The number of hydrogen-bond acceptors (Lipinski definition) is 2. The van der Waals surface area contributed by atoms with Crippen LogP contribution in [0.3, 0.4) is 0 Å². The number of fused-ring (bicyclic) bond motifs is 3. The molecule has 0 aliphatic rings. The van der Waals surface area contributed by atoms with E-state index < -0.39 is 0 Å². The van der Waals surface area contributed by atoms with Crippen LogP contribution in [0.4, 0.5) is 0 Å². The van der Waals surface area contributed by atoms with Gasteiger partial charge in [-0.25, -0.2) is 9.97 Å². The molecule has 0 bridgehead atoms. The van der Waals surface area contributed by atoms with Crippen molar-refractivity contribution in [1.82, 2.24) is 9.97 Å². The van der Waals surface area contributed by atoms with Gasteiger partial charge in [0.1, 0.15) is 0 Å². The first-order chi connectivity index (χ1) is 8.75. The Balaban J connectivity index is 0.000000574. The van der Waals surface area contributed by atoms with E-state index in [1.54, 1.807) is 0 Å². The summed E-state index contributed by atoms with van der Waals surface area (Å²) in [6.07, 6.45) is 0. The molecule has 18 heavy (non-hydrogen) atoms. The summed E-state index contributed by atoms with van der Waals surface area (Å²) in [6.45, 7) is 8.00. The van der Waals surface area contributed by atoms with Gasteiger partial charge in [-0.15, -0.1) is 0 Å². The minimum Gasteiger partial charge on any atom is -0.250 e. The molecule has 0 atom stereocenters. The van der Waals surface area contributed by atoms with Gasteiger partial charge in [0.15, 0.2) is 0 Å². The van der Waals surface area contributed by atoms with E-state index in [9.17, 15) is 0 Å². The van der Waals surface area contributed by atoms with E-state index in [0.717, 1.165) is 22.4 Å².